The molecule has 1 heterocycles. The van der Waals surface area contributed by atoms with Crippen LogP contribution in [0.3, 0.4) is 0 Å². The lowest BCUT2D eigenvalue weighted by Gasteiger charge is -2.09. The number of hydrogen-bond acceptors (Lipinski definition) is 3. The molecule has 2 aromatic rings. The van der Waals surface area contributed by atoms with Crippen LogP contribution in [0.2, 0.25) is 0 Å². The Kier molecular flexibility index (Phi) is 3.53. The highest BCUT2D eigenvalue weighted by Gasteiger charge is 2.11. The molecule has 2 N–H and O–H groups in total. The quantitative estimate of drug-likeness (QED) is 0.864. The van der Waals surface area contributed by atoms with E-state index in [-0.39, 0.29) is 16.6 Å². The van der Waals surface area contributed by atoms with Gasteiger partial charge in [0.25, 0.3) is 0 Å². The van der Waals surface area contributed by atoms with Gasteiger partial charge in [0, 0.05) is 6.20 Å². The molecule has 92 valence electrons. The molecule has 0 aliphatic rings. The summed E-state index contributed by atoms with van der Waals surface area (Å²) in [5.74, 6) is -0.152. The molecule has 0 saturated heterocycles. The molecule has 0 aliphatic carbocycles. The van der Waals surface area contributed by atoms with Crippen molar-refractivity contribution in [1.29, 1.82) is 0 Å². The lowest BCUT2D eigenvalue weighted by atomic mass is 10.2. The fourth-order valence-electron chi connectivity index (χ4n) is 1.45. The average Bonchev–Trinajstić information content (AvgIpc) is 2.34. The van der Waals surface area contributed by atoms with Gasteiger partial charge in [-0.25, -0.2) is 9.37 Å². The molecule has 5 heteroatoms. The molecule has 1 aromatic carbocycles. The summed E-state index contributed by atoms with van der Waals surface area (Å²) >= 11 is 4.89. The monoisotopic (exact) mass is 262 g/mol. The first kappa shape index (κ1) is 12.4. The van der Waals surface area contributed by atoms with E-state index in [4.69, 9.17) is 22.7 Å². The molecule has 2 rings (SSSR count). The number of halogens is 1. The molecule has 1 aromatic heterocycles. The number of rotatable bonds is 3. The third-order valence-corrected chi connectivity index (χ3v) is 2.55. The van der Waals surface area contributed by atoms with Crippen LogP contribution in [0, 0.1) is 12.7 Å². The summed E-state index contributed by atoms with van der Waals surface area (Å²) in [4.78, 5) is 4.17. The van der Waals surface area contributed by atoms with E-state index in [0.29, 0.717) is 5.56 Å². The van der Waals surface area contributed by atoms with E-state index in [9.17, 15) is 4.39 Å². The van der Waals surface area contributed by atoms with Crippen molar-refractivity contribution in [3.05, 3.63) is 53.5 Å². The summed E-state index contributed by atoms with van der Waals surface area (Å²) in [6, 6.07) is 7.96. The lowest BCUT2D eigenvalue weighted by molar-refractivity contribution is 0.426. The van der Waals surface area contributed by atoms with Gasteiger partial charge in [0.05, 0.1) is 5.56 Å². The third kappa shape index (κ3) is 2.62. The number of ether oxygens (including phenoxy) is 1. The first-order chi connectivity index (χ1) is 8.58. The molecular formula is C13H11FN2OS. The van der Waals surface area contributed by atoms with Crippen molar-refractivity contribution in [2.24, 2.45) is 5.73 Å². The van der Waals surface area contributed by atoms with Gasteiger partial charge in [-0.15, -0.1) is 0 Å². The Morgan fingerprint density at radius 3 is 2.89 bits per heavy atom. The molecule has 0 bridgehead atoms. The predicted molar refractivity (Wildman–Crippen MR) is 71.3 cm³/mol. The van der Waals surface area contributed by atoms with Gasteiger partial charge in [-0.2, -0.15) is 0 Å². The summed E-state index contributed by atoms with van der Waals surface area (Å²) in [7, 11) is 0. The number of nitrogens with two attached hydrogens (primary N) is 1. The molecular weight excluding hydrogens is 251 g/mol. The van der Waals surface area contributed by atoms with Crippen LogP contribution in [0.25, 0.3) is 0 Å². The van der Waals surface area contributed by atoms with Crippen LogP contribution in [0.1, 0.15) is 11.1 Å². The molecule has 0 aliphatic heterocycles. The molecule has 0 saturated carbocycles. The van der Waals surface area contributed by atoms with Crippen molar-refractivity contribution < 1.29 is 9.13 Å². The van der Waals surface area contributed by atoms with E-state index in [1.54, 1.807) is 24.3 Å². The minimum atomic E-state index is -0.458. The Bertz CT molecular complexity index is 601. The number of benzene rings is 1. The van der Waals surface area contributed by atoms with E-state index >= 15 is 0 Å². The zero-order valence-corrected chi connectivity index (χ0v) is 10.5. The lowest BCUT2D eigenvalue weighted by Crippen LogP contribution is -2.11. The zero-order valence-electron chi connectivity index (χ0n) is 9.68. The smallest absolute Gasteiger partial charge is 0.229 e. The van der Waals surface area contributed by atoms with Crippen LogP contribution in [0.4, 0.5) is 4.39 Å². The van der Waals surface area contributed by atoms with Crippen LogP contribution in [-0.4, -0.2) is 9.97 Å². The number of hydrogen-bond donors (Lipinski definition) is 1. The Labute approximate surface area is 109 Å². The first-order valence-corrected chi connectivity index (χ1v) is 5.67. The third-order valence-electron chi connectivity index (χ3n) is 2.33. The summed E-state index contributed by atoms with van der Waals surface area (Å²) < 4.78 is 19.0. The topological polar surface area (TPSA) is 48.1 Å². The minimum absolute atomic E-state index is 0.103. The fraction of sp³-hybridized carbons (Fsp3) is 0.0769. The van der Waals surface area contributed by atoms with Crippen molar-refractivity contribution in [1.82, 2.24) is 4.98 Å². The van der Waals surface area contributed by atoms with E-state index in [1.165, 1.54) is 12.3 Å². The molecule has 0 fully saturated rings. The van der Waals surface area contributed by atoms with Gasteiger partial charge in [0.2, 0.25) is 5.88 Å². The first-order valence-electron chi connectivity index (χ1n) is 5.27. The van der Waals surface area contributed by atoms with Crippen LogP contribution in [-0.2, 0) is 0 Å². The SMILES string of the molecule is Cc1ccc(F)c(Oc2ncccc2C(N)=S)c1. The summed E-state index contributed by atoms with van der Waals surface area (Å²) in [6.07, 6.45) is 1.53. The minimum Gasteiger partial charge on any atom is -0.435 e. The summed E-state index contributed by atoms with van der Waals surface area (Å²) in [6.45, 7) is 1.85. The van der Waals surface area contributed by atoms with Crippen LogP contribution in [0.15, 0.2) is 36.5 Å². The number of pyridine rings is 1. The van der Waals surface area contributed by atoms with Crippen molar-refractivity contribution >= 4 is 17.2 Å². The van der Waals surface area contributed by atoms with Crippen LogP contribution >= 0.6 is 12.2 Å². The van der Waals surface area contributed by atoms with Gasteiger partial charge in [-0.1, -0.05) is 18.3 Å². The second kappa shape index (κ2) is 5.10. The summed E-state index contributed by atoms with van der Waals surface area (Å²) in [5, 5.41) is 0. The van der Waals surface area contributed by atoms with Crippen molar-refractivity contribution in [3.63, 3.8) is 0 Å². The summed E-state index contributed by atoms with van der Waals surface area (Å²) in [5.41, 5.74) is 6.92. The molecule has 18 heavy (non-hydrogen) atoms. The van der Waals surface area contributed by atoms with Crippen molar-refractivity contribution in [2.75, 3.05) is 0 Å². The second-order valence-corrected chi connectivity index (χ2v) is 4.20. The maximum atomic E-state index is 13.6. The number of aromatic nitrogens is 1. The average molecular weight is 262 g/mol. The predicted octanol–water partition coefficient (Wildman–Crippen LogP) is 2.96. The Morgan fingerprint density at radius 2 is 2.17 bits per heavy atom. The Hall–Kier alpha value is -2.01. The standard InChI is InChI=1S/C13H11FN2OS/c1-8-4-5-10(14)11(7-8)17-13-9(12(15)18)3-2-6-16-13/h2-7H,1H3,(H2,15,18). The highest BCUT2D eigenvalue weighted by molar-refractivity contribution is 7.80. The van der Waals surface area contributed by atoms with Gasteiger partial charge in [0.1, 0.15) is 4.99 Å². The molecule has 0 atom stereocenters. The van der Waals surface area contributed by atoms with Crippen molar-refractivity contribution in [2.45, 2.75) is 6.92 Å². The van der Waals surface area contributed by atoms with Gasteiger partial charge in [0.15, 0.2) is 11.6 Å². The molecule has 0 amide bonds. The van der Waals surface area contributed by atoms with Gasteiger partial charge < -0.3 is 10.5 Å². The normalized spacial score (nSPS) is 10.1. The van der Waals surface area contributed by atoms with E-state index in [0.717, 1.165) is 5.56 Å². The van der Waals surface area contributed by atoms with E-state index in [2.05, 4.69) is 4.98 Å². The van der Waals surface area contributed by atoms with E-state index < -0.39 is 5.82 Å². The maximum Gasteiger partial charge on any atom is 0.229 e. The highest BCUT2D eigenvalue weighted by atomic mass is 32.1. The molecule has 0 radical (unpaired) electrons. The number of thiocarbonyl (C=S) groups is 1. The van der Waals surface area contributed by atoms with Gasteiger partial charge in [-0.3, -0.25) is 0 Å². The Morgan fingerprint density at radius 1 is 1.39 bits per heavy atom. The van der Waals surface area contributed by atoms with Gasteiger partial charge in [-0.05, 0) is 36.8 Å². The number of aryl methyl sites for hydroxylation is 1. The largest absolute Gasteiger partial charge is 0.435 e. The second-order valence-electron chi connectivity index (χ2n) is 3.76. The zero-order chi connectivity index (χ0) is 13.1. The van der Waals surface area contributed by atoms with Gasteiger partial charge >= 0.3 is 0 Å². The van der Waals surface area contributed by atoms with Crippen LogP contribution < -0.4 is 10.5 Å². The van der Waals surface area contributed by atoms with Crippen molar-refractivity contribution in [3.8, 4) is 11.6 Å². The maximum absolute atomic E-state index is 13.6. The molecule has 0 spiro atoms. The Balaban J connectivity index is 2.40. The number of nitrogens with zero attached hydrogens (tertiary/aromatic N) is 1. The molecule has 3 nitrogen and oxygen atoms in total. The highest BCUT2D eigenvalue weighted by Crippen LogP contribution is 2.26. The fourth-order valence-corrected chi connectivity index (χ4v) is 1.61. The van der Waals surface area contributed by atoms with E-state index in [1.807, 2.05) is 6.92 Å². The van der Waals surface area contributed by atoms with Crippen LogP contribution in [0.5, 0.6) is 11.6 Å². The molecule has 0 unspecified atom stereocenters.